The average Bonchev–Trinajstić information content (AvgIpc) is 3.41. The summed E-state index contributed by atoms with van der Waals surface area (Å²) < 4.78 is 9.61. The van der Waals surface area contributed by atoms with E-state index in [-0.39, 0.29) is 29.9 Å². The SMILES string of the molecule is CCc1cnc2ccc(C(C)N3C[C@H](C)N(c4cc(=O)n(C)c5cn(C6CCCCO6)nc45)C[C@H]3C)cc2n1. The second-order valence-corrected chi connectivity index (χ2v) is 11.3. The lowest BCUT2D eigenvalue weighted by Crippen LogP contribution is -2.57. The maximum Gasteiger partial charge on any atom is 0.252 e. The van der Waals surface area contributed by atoms with Gasteiger partial charge in [-0.15, -0.1) is 0 Å². The molecule has 4 aromatic rings. The van der Waals surface area contributed by atoms with E-state index in [2.05, 4.69) is 60.7 Å². The van der Waals surface area contributed by atoms with E-state index in [9.17, 15) is 4.79 Å². The zero-order chi connectivity index (χ0) is 27.3. The molecule has 206 valence electrons. The molecule has 9 nitrogen and oxygen atoms in total. The van der Waals surface area contributed by atoms with Gasteiger partial charge in [0.05, 0.1) is 34.1 Å². The van der Waals surface area contributed by atoms with Gasteiger partial charge in [0, 0.05) is 57.1 Å². The average molecular weight is 530 g/mol. The van der Waals surface area contributed by atoms with Crippen LogP contribution in [0.1, 0.15) is 70.5 Å². The van der Waals surface area contributed by atoms with Crippen molar-refractivity contribution in [1.29, 1.82) is 0 Å². The van der Waals surface area contributed by atoms with E-state index < -0.39 is 0 Å². The van der Waals surface area contributed by atoms with E-state index in [4.69, 9.17) is 14.8 Å². The molecule has 39 heavy (non-hydrogen) atoms. The number of pyridine rings is 1. The smallest absolute Gasteiger partial charge is 0.252 e. The van der Waals surface area contributed by atoms with Gasteiger partial charge in [-0.2, -0.15) is 5.10 Å². The van der Waals surface area contributed by atoms with Crippen molar-refractivity contribution in [2.75, 3.05) is 24.6 Å². The molecule has 4 atom stereocenters. The van der Waals surface area contributed by atoms with Crippen LogP contribution in [0, 0.1) is 0 Å². The Kier molecular flexibility index (Phi) is 6.89. The molecule has 2 aliphatic heterocycles. The minimum absolute atomic E-state index is 0.0130. The molecule has 0 radical (unpaired) electrons. The molecule has 0 spiro atoms. The molecule has 5 heterocycles. The minimum atomic E-state index is -0.0665. The lowest BCUT2D eigenvalue weighted by atomic mass is 9.99. The van der Waals surface area contributed by atoms with Crippen molar-refractivity contribution in [2.24, 2.45) is 7.05 Å². The number of rotatable bonds is 5. The van der Waals surface area contributed by atoms with Gasteiger partial charge < -0.3 is 14.2 Å². The van der Waals surface area contributed by atoms with Gasteiger partial charge in [0.1, 0.15) is 11.7 Å². The highest BCUT2D eigenvalue weighted by Gasteiger charge is 2.34. The molecule has 2 unspecified atom stereocenters. The Labute approximate surface area is 229 Å². The maximum atomic E-state index is 13.0. The molecule has 0 bridgehead atoms. The third kappa shape index (κ3) is 4.72. The monoisotopic (exact) mass is 529 g/mol. The molecule has 6 rings (SSSR count). The van der Waals surface area contributed by atoms with Gasteiger partial charge >= 0.3 is 0 Å². The highest BCUT2D eigenvalue weighted by molar-refractivity contribution is 5.88. The van der Waals surface area contributed by atoms with Crippen LogP contribution in [0.4, 0.5) is 5.69 Å². The standard InChI is InChI=1S/C30H39N7O2/c1-6-23-15-31-24-11-10-22(13-25(24)32-23)21(4)35-16-20(3)36(17-19(35)2)26-14-28(38)34(5)27-18-37(33-30(26)27)29-9-7-8-12-39-29/h10-11,13-15,18-21,29H,6-9,12,16-17H2,1-5H3/t19-,20+,21?,29?/m1/s1. The Morgan fingerprint density at radius 2 is 1.95 bits per heavy atom. The Bertz CT molecular complexity index is 1550. The van der Waals surface area contributed by atoms with Crippen LogP contribution >= 0.6 is 0 Å². The molecule has 1 aromatic carbocycles. The lowest BCUT2D eigenvalue weighted by molar-refractivity contribution is -0.0390. The molecule has 0 N–H and O–H groups in total. The quantitative estimate of drug-likeness (QED) is 0.374. The Hall–Kier alpha value is -3.30. The normalized spacial score (nSPS) is 23.5. The summed E-state index contributed by atoms with van der Waals surface area (Å²) in [7, 11) is 1.82. The van der Waals surface area contributed by atoms with Crippen LogP contribution in [0.5, 0.6) is 0 Å². The highest BCUT2D eigenvalue weighted by atomic mass is 16.5. The largest absolute Gasteiger partial charge is 0.364 e. The summed E-state index contributed by atoms with van der Waals surface area (Å²) in [6.07, 6.45) is 7.82. The number of fused-ring (bicyclic) bond motifs is 2. The van der Waals surface area contributed by atoms with Crippen molar-refractivity contribution in [3.05, 3.63) is 58.3 Å². The van der Waals surface area contributed by atoms with Crippen LogP contribution in [0.25, 0.3) is 22.1 Å². The van der Waals surface area contributed by atoms with E-state index >= 15 is 0 Å². The fourth-order valence-electron chi connectivity index (χ4n) is 6.23. The van der Waals surface area contributed by atoms with Crippen LogP contribution in [0.3, 0.4) is 0 Å². The first-order chi connectivity index (χ1) is 18.8. The van der Waals surface area contributed by atoms with Crippen molar-refractivity contribution in [1.82, 2.24) is 29.2 Å². The summed E-state index contributed by atoms with van der Waals surface area (Å²) in [4.78, 5) is 27.3. The summed E-state index contributed by atoms with van der Waals surface area (Å²) in [6, 6.07) is 8.94. The van der Waals surface area contributed by atoms with Gasteiger partial charge in [0.25, 0.3) is 5.56 Å². The van der Waals surface area contributed by atoms with Crippen LogP contribution in [0.2, 0.25) is 0 Å². The molecule has 0 amide bonds. The molecular formula is C30H39N7O2. The van der Waals surface area contributed by atoms with Gasteiger partial charge in [0.15, 0.2) is 0 Å². The summed E-state index contributed by atoms with van der Waals surface area (Å²) in [5.41, 5.74) is 6.78. The van der Waals surface area contributed by atoms with Crippen molar-refractivity contribution in [3.63, 3.8) is 0 Å². The lowest BCUT2D eigenvalue weighted by Gasteiger charge is -2.47. The van der Waals surface area contributed by atoms with Crippen molar-refractivity contribution < 1.29 is 4.74 Å². The number of anilines is 1. The number of piperazine rings is 1. The fraction of sp³-hybridized carbons (Fsp3) is 0.533. The van der Waals surface area contributed by atoms with Gasteiger partial charge in [-0.3, -0.25) is 14.7 Å². The molecular weight excluding hydrogens is 490 g/mol. The van der Waals surface area contributed by atoms with Crippen LogP contribution < -0.4 is 10.5 Å². The maximum absolute atomic E-state index is 13.0. The summed E-state index contributed by atoms with van der Waals surface area (Å²) in [5, 5.41) is 4.98. The highest BCUT2D eigenvalue weighted by Crippen LogP contribution is 2.34. The first-order valence-electron chi connectivity index (χ1n) is 14.3. The third-order valence-corrected chi connectivity index (χ3v) is 8.66. The second kappa shape index (κ2) is 10.4. The zero-order valence-electron chi connectivity index (χ0n) is 23.7. The van der Waals surface area contributed by atoms with E-state index in [0.29, 0.717) is 0 Å². The second-order valence-electron chi connectivity index (χ2n) is 11.3. The number of aryl methyl sites for hydroxylation is 2. The summed E-state index contributed by atoms with van der Waals surface area (Å²) in [6.45, 7) is 11.4. The van der Waals surface area contributed by atoms with E-state index in [1.807, 2.05) is 24.1 Å². The molecule has 0 aliphatic carbocycles. The number of benzene rings is 1. The Morgan fingerprint density at radius 1 is 1.10 bits per heavy atom. The van der Waals surface area contributed by atoms with Crippen LogP contribution in [-0.4, -0.2) is 61.0 Å². The number of ether oxygens (including phenoxy) is 1. The first-order valence-corrected chi connectivity index (χ1v) is 14.3. The van der Waals surface area contributed by atoms with E-state index in [1.165, 1.54) is 5.56 Å². The molecule has 2 saturated heterocycles. The zero-order valence-corrected chi connectivity index (χ0v) is 23.7. The number of hydrogen-bond acceptors (Lipinski definition) is 7. The first kappa shape index (κ1) is 26.0. The predicted octanol–water partition coefficient (Wildman–Crippen LogP) is 4.60. The Morgan fingerprint density at radius 3 is 2.72 bits per heavy atom. The van der Waals surface area contributed by atoms with Gasteiger partial charge in [-0.05, 0) is 64.2 Å². The Balaban J connectivity index is 1.29. The van der Waals surface area contributed by atoms with Gasteiger partial charge in [-0.25, -0.2) is 9.67 Å². The minimum Gasteiger partial charge on any atom is -0.364 e. The van der Waals surface area contributed by atoms with Crippen molar-refractivity contribution in [2.45, 2.75) is 77.7 Å². The van der Waals surface area contributed by atoms with Crippen LogP contribution in [-0.2, 0) is 18.2 Å². The van der Waals surface area contributed by atoms with Gasteiger partial charge in [0.2, 0.25) is 0 Å². The number of hydrogen-bond donors (Lipinski definition) is 0. The van der Waals surface area contributed by atoms with Crippen molar-refractivity contribution in [3.8, 4) is 0 Å². The van der Waals surface area contributed by atoms with Crippen molar-refractivity contribution >= 4 is 27.8 Å². The predicted molar refractivity (Wildman–Crippen MR) is 154 cm³/mol. The number of nitrogens with zero attached hydrogens (tertiary/aromatic N) is 7. The van der Waals surface area contributed by atoms with E-state index in [1.54, 1.807) is 10.6 Å². The number of aromatic nitrogens is 5. The molecule has 2 aliphatic rings. The summed E-state index contributed by atoms with van der Waals surface area (Å²) in [5.74, 6) is 0. The molecule has 9 heteroatoms. The third-order valence-electron chi connectivity index (χ3n) is 8.66. The topological polar surface area (TPSA) is 81.3 Å². The fourth-order valence-corrected chi connectivity index (χ4v) is 6.23. The van der Waals surface area contributed by atoms with Crippen LogP contribution in [0.15, 0.2) is 41.5 Å². The summed E-state index contributed by atoms with van der Waals surface area (Å²) >= 11 is 0. The van der Waals surface area contributed by atoms with Gasteiger partial charge in [-0.1, -0.05) is 13.0 Å². The molecule has 2 fully saturated rings. The molecule has 0 saturated carbocycles. The molecule has 3 aromatic heterocycles. The van der Waals surface area contributed by atoms with E-state index in [0.717, 1.165) is 78.8 Å².